The normalized spacial score (nSPS) is 25.9. The van der Waals surface area contributed by atoms with Gasteiger partial charge in [-0.1, -0.05) is 38.8 Å². The van der Waals surface area contributed by atoms with E-state index in [2.05, 4.69) is 0 Å². The zero-order valence-electron chi connectivity index (χ0n) is 16.4. The standard InChI is InChI=1S/C14H18O3/c1-14(2,3)13(15)7-5-10-4-6-11-12(8-10)17-9-16-11/h4-8,13,15H,9H2,1-3H3/b7-5+/i1D3,2D3,13D. The summed E-state index contributed by atoms with van der Waals surface area (Å²) in [5, 5.41) is 10.4. The molecule has 1 N–H and O–H groups in total. The van der Waals surface area contributed by atoms with Crippen molar-refractivity contribution in [1.29, 1.82) is 0 Å². The van der Waals surface area contributed by atoms with E-state index in [4.69, 9.17) is 19.1 Å². The molecule has 0 saturated heterocycles. The molecule has 2 rings (SSSR count). The molecule has 1 heterocycles. The van der Waals surface area contributed by atoms with E-state index in [9.17, 15) is 5.11 Å². The van der Waals surface area contributed by atoms with Gasteiger partial charge in [-0.3, -0.25) is 0 Å². The van der Waals surface area contributed by atoms with E-state index >= 15 is 0 Å². The van der Waals surface area contributed by atoms with Crippen LogP contribution in [0.25, 0.3) is 6.08 Å². The number of aliphatic hydroxyl groups is 1. The van der Waals surface area contributed by atoms with Gasteiger partial charge in [-0.05, 0) is 23.1 Å². The van der Waals surface area contributed by atoms with Crippen molar-refractivity contribution in [3.63, 3.8) is 0 Å². The number of fused-ring (bicyclic) bond motifs is 1. The Morgan fingerprint density at radius 2 is 2.24 bits per heavy atom. The fraction of sp³-hybridized carbons (Fsp3) is 0.429. The van der Waals surface area contributed by atoms with Gasteiger partial charge in [-0.25, -0.2) is 0 Å². The van der Waals surface area contributed by atoms with Gasteiger partial charge in [0, 0.05) is 8.22 Å². The van der Waals surface area contributed by atoms with Crippen molar-refractivity contribution in [3.8, 4) is 11.5 Å². The molecule has 1 aliphatic rings. The van der Waals surface area contributed by atoms with E-state index < -0.39 is 25.2 Å². The third-order valence-corrected chi connectivity index (χ3v) is 2.34. The monoisotopic (exact) mass is 241 g/mol. The van der Waals surface area contributed by atoms with Gasteiger partial charge in [0.25, 0.3) is 0 Å². The van der Waals surface area contributed by atoms with Crippen molar-refractivity contribution in [3.05, 3.63) is 29.8 Å². The van der Waals surface area contributed by atoms with Crippen LogP contribution < -0.4 is 9.47 Å². The highest BCUT2D eigenvalue weighted by atomic mass is 16.7. The van der Waals surface area contributed by atoms with Gasteiger partial charge in [0.1, 0.15) is 0 Å². The molecular formula is C14H18O3. The van der Waals surface area contributed by atoms with Crippen molar-refractivity contribution in [2.24, 2.45) is 5.41 Å². The highest BCUT2D eigenvalue weighted by molar-refractivity contribution is 5.56. The molecule has 1 aromatic carbocycles. The summed E-state index contributed by atoms with van der Waals surface area (Å²) in [5.74, 6) is 1.02. The lowest BCUT2D eigenvalue weighted by atomic mass is 9.89. The van der Waals surface area contributed by atoms with Crippen LogP contribution in [0.1, 0.15) is 35.8 Å². The molecule has 3 nitrogen and oxygen atoms in total. The zero-order valence-corrected chi connectivity index (χ0v) is 9.36. The summed E-state index contributed by atoms with van der Waals surface area (Å²) in [7, 11) is 0. The maximum atomic E-state index is 10.4. The van der Waals surface area contributed by atoms with Crippen molar-refractivity contribution < 1.29 is 24.2 Å². The average Bonchev–Trinajstić information content (AvgIpc) is 2.89. The van der Waals surface area contributed by atoms with Crippen LogP contribution in [0.5, 0.6) is 11.5 Å². The van der Waals surface area contributed by atoms with Gasteiger partial charge in [0.05, 0.1) is 7.45 Å². The highest BCUT2D eigenvalue weighted by Gasteiger charge is 2.19. The Bertz CT molecular complexity index is 633. The molecule has 1 unspecified atom stereocenters. The Labute approximate surface area is 112 Å². The van der Waals surface area contributed by atoms with Crippen LogP contribution in [-0.4, -0.2) is 18.0 Å². The predicted molar refractivity (Wildman–Crippen MR) is 67.1 cm³/mol. The smallest absolute Gasteiger partial charge is 0.231 e. The van der Waals surface area contributed by atoms with Gasteiger partial charge in [0.2, 0.25) is 6.79 Å². The predicted octanol–water partition coefficient (Wildman–Crippen LogP) is 2.84. The Kier molecular flexibility index (Phi) is 1.54. The number of hydrogen-bond donors (Lipinski definition) is 1. The molecular weight excluding hydrogens is 216 g/mol. The first-order valence-electron chi connectivity index (χ1n) is 8.61. The Morgan fingerprint density at radius 1 is 1.47 bits per heavy atom. The van der Waals surface area contributed by atoms with Crippen molar-refractivity contribution >= 4 is 6.08 Å². The lowest BCUT2D eigenvalue weighted by Crippen LogP contribution is -2.23. The molecule has 0 aromatic heterocycles. The average molecular weight is 241 g/mol. The van der Waals surface area contributed by atoms with Crippen LogP contribution in [-0.2, 0) is 0 Å². The number of benzene rings is 1. The molecule has 0 aliphatic carbocycles. The quantitative estimate of drug-likeness (QED) is 0.865. The fourth-order valence-electron chi connectivity index (χ4n) is 1.36. The van der Waals surface area contributed by atoms with Crippen LogP contribution in [0.4, 0.5) is 0 Å². The number of ether oxygens (including phenoxy) is 2. The fourth-order valence-corrected chi connectivity index (χ4v) is 1.36. The second kappa shape index (κ2) is 4.41. The summed E-state index contributed by atoms with van der Waals surface area (Å²) in [6.45, 7) is -5.20. The summed E-state index contributed by atoms with van der Waals surface area (Å²) in [6.07, 6.45) is -0.701. The second-order valence-electron chi connectivity index (χ2n) is 3.96. The molecule has 0 fully saturated rings. The Balaban J connectivity index is 2.38. The Hall–Kier alpha value is -1.48. The first-order chi connectivity index (χ1) is 10.8. The summed E-state index contributed by atoms with van der Waals surface area (Å²) in [6, 6.07) is 4.82. The number of rotatable bonds is 2. The molecule has 1 aromatic rings. The topological polar surface area (TPSA) is 38.7 Å². The molecule has 0 spiro atoms. The maximum absolute atomic E-state index is 10.4. The van der Waals surface area contributed by atoms with Crippen molar-refractivity contribution in [2.45, 2.75) is 26.7 Å². The van der Waals surface area contributed by atoms with E-state index in [1.54, 1.807) is 18.2 Å². The molecule has 17 heavy (non-hydrogen) atoms. The van der Waals surface area contributed by atoms with Crippen molar-refractivity contribution in [1.82, 2.24) is 0 Å². The van der Waals surface area contributed by atoms with Crippen LogP contribution >= 0.6 is 0 Å². The van der Waals surface area contributed by atoms with E-state index in [-0.39, 0.29) is 6.79 Å². The molecule has 1 atom stereocenters. The lowest BCUT2D eigenvalue weighted by Gasteiger charge is -2.22. The number of hydrogen-bond acceptors (Lipinski definition) is 3. The van der Waals surface area contributed by atoms with Crippen LogP contribution in [0.3, 0.4) is 0 Å². The molecule has 0 radical (unpaired) electrons. The third kappa shape index (κ3) is 2.80. The van der Waals surface area contributed by atoms with Crippen LogP contribution in [0.15, 0.2) is 24.3 Å². The second-order valence-corrected chi connectivity index (χ2v) is 3.96. The first kappa shape index (κ1) is 5.91. The SMILES string of the molecule is [2H]C([2H])([2H])C(C)(C([2H])([2H])[2H])C([2H])(O)/C=C/c1ccc2c(c1)OCO2. The van der Waals surface area contributed by atoms with Crippen LogP contribution in [0, 0.1) is 5.41 Å². The molecule has 0 bridgehead atoms. The third-order valence-electron chi connectivity index (χ3n) is 2.34. The zero-order chi connectivity index (χ0) is 18.4. The highest BCUT2D eigenvalue weighted by Crippen LogP contribution is 2.33. The van der Waals surface area contributed by atoms with E-state index in [1.165, 1.54) is 6.08 Å². The summed E-state index contributed by atoms with van der Waals surface area (Å²) < 4.78 is 63.4. The maximum Gasteiger partial charge on any atom is 0.231 e. The van der Waals surface area contributed by atoms with E-state index in [0.717, 1.165) is 13.0 Å². The summed E-state index contributed by atoms with van der Waals surface area (Å²) in [4.78, 5) is 0. The molecule has 3 heteroatoms. The molecule has 0 saturated carbocycles. The van der Waals surface area contributed by atoms with Gasteiger partial charge >= 0.3 is 0 Å². The first-order valence-corrected chi connectivity index (χ1v) is 5.11. The minimum Gasteiger partial charge on any atom is -0.454 e. The van der Waals surface area contributed by atoms with Gasteiger partial charge in [0.15, 0.2) is 11.5 Å². The molecule has 1 aliphatic heterocycles. The van der Waals surface area contributed by atoms with E-state index in [0.29, 0.717) is 17.1 Å². The Morgan fingerprint density at radius 3 is 3.00 bits per heavy atom. The lowest BCUT2D eigenvalue weighted by molar-refractivity contribution is 0.106. The van der Waals surface area contributed by atoms with E-state index in [1.807, 2.05) is 0 Å². The van der Waals surface area contributed by atoms with Crippen LogP contribution in [0.2, 0.25) is 0 Å². The largest absolute Gasteiger partial charge is 0.454 e. The molecule has 92 valence electrons. The summed E-state index contributed by atoms with van der Waals surface area (Å²) in [5.41, 5.74) is -2.16. The van der Waals surface area contributed by atoms with Gasteiger partial charge in [-0.15, -0.1) is 0 Å². The van der Waals surface area contributed by atoms with Gasteiger partial charge < -0.3 is 14.6 Å². The van der Waals surface area contributed by atoms with Crippen molar-refractivity contribution in [2.75, 3.05) is 6.79 Å². The van der Waals surface area contributed by atoms with Gasteiger partial charge in [-0.2, -0.15) is 0 Å². The molecule has 0 amide bonds. The summed E-state index contributed by atoms with van der Waals surface area (Å²) >= 11 is 0. The minimum absolute atomic E-state index is 0.0844. The minimum atomic E-state index is -3.08.